The molecule has 1 atom stereocenters. The zero-order valence-corrected chi connectivity index (χ0v) is 8.11. The van der Waals surface area contributed by atoms with Crippen LogP contribution in [0.1, 0.15) is 12.8 Å². The second kappa shape index (κ2) is 5.34. The molecule has 0 aromatic carbocycles. The van der Waals surface area contributed by atoms with E-state index in [1.165, 1.54) is 0 Å². The highest BCUT2D eigenvalue weighted by Crippen LogP contribution is 2.01. The molecule has 1 aliphatic heterocycles. The fraction of sp³-hybridized carbons (Fsp3) is 0.778. The zero-order chi connectivity index (χ0) is 8.81. The van der Waals surface area contributed by atoms with E-state index < -0.39 is 10.8 Å². The van der Waals surface area contributed by atoms with E-state index in [4.69, 9.17) is 6.42 Å². The summed E-state index contributed by atoms with van der Waals surface area (Å²) in [5.41, 5.74) is 0. The van der Waals surface area contributed by atoms with E-state index >= 15 is 0 Å². The lowest BCUT2D eigenvalue weighted by Crippen LogP contribution is -2.27. The summed E-state index contributed by atoms with van der Waals surface area (Å²) >= 11 is 0. The summed E-state index contributed by atoms with van der Waals surface area (Å²) in [7, 11) is -0.577. The number of hydrogen-bond donors (Lipinski definition) is 0. The highest BCUT2D eigenvalue weighted by molar-refractivity contribution is 7.85. The fourth-order valence-electron chi connectivity index (χ4n) is 1.34. The lowest BCUT2D eigenvalue weighted by atomic mass is 10.3. The van der Waals surface area contributed by atoms with Gasteiger partial charge in [0.1, 0.15) is 0 Å². The Labute approximate surface area is 76.8 Å². The molecule has 0 amide bonds. The summed E-state index contributed by atoms with van der Waals surface area (Å²) in [6.45, 7) is 2.98. The third-order valence-electron chi connectivity index (χ3n) is 2.05. The van der Waals surface area contributed by atoms with Gasteiger partial charge in [0.2, 0.25) is 0 Å². The van der Waals surface area contributed by atoms with Gasteiger partial charge in [-0.25, -0.2) is 0 Å². The van der Waals surface area contributed by atoms with Crippen LogP contribution in [0.3, 0.4) is 0 Å². The van der Waals surface area contributed by atoms with Gasteiger partial charge in [-0.05, 0) is 13.0 Å². The normalized spacial score (nSPS) is 26.1. The Bertz CT molecular complexity index is 197. The average Bonchev–Trinajstić information content (AvgIpc) is 2.27. The number of hydrogen-bond acceptors (Lipinski definition) is 2. The molecule has 0 aromatic heterocycles. The van der Waals surface area contributed by atoms with E-state index in [9.17, 15) is 4.21 Å². The van der Waals surface area contributed by atoms with Crippen molar-refractivity contribution in [2.75, 3.05) is 31.1 Å². The third kappa shape index (κ3) is 3.38. The van der Waals surface area contributed by atoms with Gasteiger partial charge in [0, 0.05) is 41.8 Å². The summed E-state index contributed by atoms with van der Waals surface area (Å²) in [4.78, 5) is 2.31. The number of terminal acetylenes is 1. The molecule has 1 rings (SSSR count). The zero-order valence-electron chi connectivity index (χ0n) is 7.29. The summed E-state index contributed by atoms with van der Waals surface area (Å²) in [6.07, 6.45) is 7.04. The van der Waals surface area contributed by atoms with Gasteiger partial charge in [0.15, 0.2) is 0 Å². The Hall–Kier alpha value is -0.330. The van der Waals surface area contributed by atoms with Gasteiger partial charge in [-0.3, -0.25) is 4.21 Å². The van der Waals surface area contributed by atoms with Crippen molar-refractivity contribution in [2.24, 2.45) is 0 Å². The van der Waals surface area contributed by atoms with Crippen LogP contribution >= 0.6 is 0 Å². The van der Waals surface area contributed by atoms with Crippen LogP contribution in [-0.2, 0) is 10.8 Å². The molecule has 0 spiro atoms. The van der Waals surface area contributed by atoms with Crippen LogP contribution in [-0.4, -0.2) is 40.2 Å². The van der Waals surface area contributed by atoms with E-state index in [0.29, 0.717) is 0 Å². The minimum atomic E-state index is -0.577. The molecule has 0 N–H and O–H groups in total. The first-order valence-electron chi connectivity index (χ1n) is 4.33. The Kier molecular flexibility index (Phi) is 4.34. The predicted molar refractivity (Wildman–Crippen MR) is 52.4 cm³/mol. The van der Waals surface area contributed by atoms with Crippen molar-refractivity contribution >= 4 is 10.8 Å². The fourth-order valence-corrected chi connectivity index (χ4v) is 2.46. The Morgan fingerprint density at radius 2 is 2.25 bits per heavy atom. The molecule has 1 aliphatic rings. The van der Waals surface area contributed by atoms with Gasteiger partial charge in [-0.15, -0.1) is 12.3 Å². The predicted octanol–water partition coefficient (Wildman–Crippen LogP) is 0.464. The molecule has 1 fully saturated rings. The molecule has 3 heteroatoms. The highest BCUT2D eigenvalue weighted by Gasteiger charge is 2.11. The van der Waals surface area contributed by atoms with Crippen LogP contribution in [0.15, 0.2) is 0 Å². The minimum Gasteiger partial charge on any atom is -0.301 e. The van der Waals surface area contributed by atoms with Crippen molar-refractivity contribution in [3.63, 3.8) is 0 Å². The standard InChI is InChI=1S/C9H15NOS/c1-2-3-5-10-6-4-8-12(11)9-7-10/h1H,3-9H2. The van der Waals surface area contributed by atoms with Gasteiger partial charge in [-0.2, -0.15) is 0 Å². The van der Waals surface area contributed by atoms with Crippen LogP contribution in [0.25, 0.3) is 0 Å². The molecule has 1 saturated heterocycles. The summed E-state index contributed by atoms with van der Waals surface area (Å²) in [5.74, 6) is 4.32. The molecule has 2 nitrogen and oxygen atoms in total. The summed E-state index contributed by atoms with van der Waals surface area (Å²) in [5, 5.41) is 0. The number of nitrogens with zero attached hydrogens (tertiary/aromatic N) is 1. The lowest BCUT2D eigenvalue weighted by Gasteiger charge is -2.17. The molecule has 1 unspecified atom stereocenters. The highest BCUT2D eigenvalue weighted by atomic mass is 32.2. The SMILES string of the molecule is C#CCCN1CCCS(=O)CC1. The monoisotopic (exact) mass is 185 g/mol. The molecule has 0 saturated carbocycles. The van der Waals surface area contributed by atoms with Crippen LogP contribution in [0.5, 0.6) is 0 Å². The smallest absolute Gasteiger partial charge is 0.0362 e. The largest absolute Gasteiger partial charge is 0.301 e. The van der Waals surface area contributed by atoms with Crippen molar-refractivity contribution in [3.05, 3.63) is 0 Å². The Morgan fingerprint density at radius 3 is 3.00 bits per heavy atom. The van der Waals surface area contributed by atoms with Crippen LogP contribution < -0.4 is 0 Å². The maximum Gasteiger partial charge on any atom is 0.0362 e. The Morgan fingerprint density at radius 1 is 1.42 bits per heavy atom. The maximum absolute atomic E-state index is 11.1. The van der Waals surface area contributed by atoms with Gasteiger partial charge >= 0.3 is 0 Å². The first kappa shape index (κ1) is 9.76. The molecule has 68 valence electrons. The summed E-state index contributed by atoms with van der Waals surface area (Å²) in [6, 6.07) is 0. The molecule has 0 aromatic rings. The van der Waals surface area contributed by atoms with Crippen molar-refractivity contribution in [2.45, 2.75) is 12.8 Å². The molecular formula is C9H15NOS. The van der Waals surface area contributed by atoms with Crippen molar-refractivity contribution in [1.29, 1.82) is 0 Å². The second-order valence-electron chi connectivity index (χ2n) is 3.00. The van der Waals surface area contributed by atoms with Gasteiger partial charge in [0.05, 0.1) is 0 Å². The van der Waals surface area contributed by atoms with Crippen molar-refractivity contribution in [3.8, 4) is 12.3 Å². The van der Waals surface area contributed by atoms with Crippen molar-refractivity contribution in [1.82, 2.24) is 4.90 Å². The van der Waals surface area contributed by atoms with Gasteiger partial charge in [0.25, 0.3) is 0 Å². The van der Waals surface area contributed by atoms with Gasteiger partial charge < -0.3 is 4.90 Å². The first-order chi connectivity index (χ1) is 5.83. The first-order valence-corrected chi connectivity index (χ1v) is 5.82. The molecule has 0 aliphatic carbocycles. The van der Waals surface area contributed by atoms with E-state index in [1.807, 2.05) is 0 Å². The van der Waals surface area contributed by atoms with Gasteiger partial charge in [-0.1, -0.05) is 0 Å². The van der Waals surface area contributed by atoms with Crippen LogP contribution in [0.2, 0.25) is 0 Å². The quantitative estimate of drug-likeness (QED) is 0.583. The third-order valence-corrected chi connectivity index (χ3v) is 3.44. The van der Waals surface area contributed by atoms with E-state index in [1.54, 1.807) is 0 Å². The van der Waals surface area contributed by atoms with E-state index in [-0.39, 0.29) is 0 Å². The van der Waals surface area contributed by atoms with E-state index in [2.05, 4.69) is 10.8 Å². The van der Waals surface area contributed by atoms with Crippen molar-refractivity contribution < 1.29 is 4.21 Å². The minimum absolute atomic E-state index is 0.577. The molecule has 0 radical (unpaired) electrons. The van der Waals surface area contributed by atoms with Crippen LogP contribution in [0.4, 0.5) is 0 Å². The molecular weight excluding hydrogens is 170 g/mol. The average molecular weight is 185 g/mol. The second-order valence-corrected chi connectivity index (χ2v) is 4.69. The maximum atomic E-state index is 11.1. The lowest BCUT2D eigenvalue weighted by molar-refractivity contribution is 0.303. The summed E-state index contributed by atoms with van der Waals surface area (Å²) < 4.78 is 11.1. The Balaban J connectivity index is 2.27. The van der Waals surface area contributed by atoms with Crippen LogP contribution in [0, 0.1) is 12.3 Å². The molecule has 0 bridgehead atoms. The molecule has 12 heavy (non-hydrogen) atoms. The molecule has 1 heterocycles. The topological polar surface area (TPSA) is 20.3 Å². The van der Waals surface area contributed by atoms with E-state index in [0.717, 1.165) is 44.0 Å². The number of rotatable bonds is 2.